The lowest BCUT2D eigenvalue weighted by atomic mass is 9.88. The second-order valence-corrected chi connectivity index (χ2v) is 6.33. The van der Waals surface area contributed by atoms with Crippen molar-refractivity contribution in [1.29, 1.82) is 0 Å². The Morgan fingerprint density at radius 3 is 2.79 bits per heavy atom. The number of Topliss-reactive ketones (excluding diaryl/α,β-unsaturated/α-hetero) is 2. The third-order valence-electron chi connectivity index (χ3n) is 4.36. The number of alkyl carbamates (subject to hydrolysis) is 1. The first kappa shape index (κ1) is 19.3. The standard InChI is InChI=1S/C19H19N3O6/c23-15(8-13-6-7-20-18(25)17(13)24)16(14-10-27-11-21-14)22-19(26)28-9-12-4-2-1-3-5-12/h1-5,10-11,13,16H,6-9H2,(H,20,25)(H,22,26). The monoisotopic (exact) mass is 385 g/mol. The fourth-order valence-electron chi connectivity index (χ4n) is 2.89. The van der Waals surface area contributed by atoms with E-state index in [0.29, 0.717) is 13.0 Å². The lowest BCUT2D eigenvalue weighted by molar-refractivity contribution is -0.143. The summed E-state index contributed by atoms with van der Waals surface area (Å²) in [4.78, 5) is 52.2. The number of carbonyl (C=O) groups excluding carboxylic acids is 4. The minimum absolute atomic E-state index is 0.0354. The SMILES string of the molecule is O=C(NC(C(=O)CC1CCNC(=O)C1=O)c1cocn1)OCc1ccccc1. The number of nitrogens with zero attached hydrogens (tertiary/aromatic N) is 1. The first-order valence-corrected chi connectivity index (χ1v) is 8.74. The highest BCUT2D eigenvalue weighted by Gasteiger charge is 2.34. The van der Waals surface area contributed by atoms with E-state index in [-0.39, 0.29) is 18.7 Å². The summed E-state index contributed by atoms with van der Waals surface area (Å²) in [6.45, 7) is 0.359. The molecule has 0 saturated carbocycles. The van der Waals surface area contributed by atoms with Crippen LogP contribution in [0.15, 0.2) is 47.4 Å². The Bertz CT molecular complexity index is 850. The van der Waals surface area contributed by atoms with Gasteiger partial charge in [0.05, 0.1) is 0 Å². The molecule has 0 spiro atoms. The third-order valence-corrected chi connectivity index (χ3v) is 4.36. The predicted molar refractivity (Wildman–Crippen MR) is 94.8 cm³/mol. The van der Waals surface area contributed by atoms with Gasteiger partial charge in [-0.3, -0.25) is 14.4 Å². The highest BCUT2D eigenvalue weighted by Crippen LogP contribution is 2.21. The van der Waals surface area contributed by atoms with Crippen LogP contribution in [0.3, 0.4) is 0 Å². The number of nitrogens with one attached hydrogen (secondary N) is 2. The number of ether oxygens (including phenoxy) is 1. The zero-order valence-corrected chi connectivity index (χ0v) is 14.9. The number of oxazole rings is 1. The van der Waals surface area contributed by atoms with Crippen molar-refractivity contribution in [2.45, 2.75) is 25.5 Å². The molecule has 1 aliphatic heterocycles. The van der Waals surface area contributed by atoms with Crippen LogP contribution in [0.2, 0.25) is 0 Å². The molecule has 1 saturated heterocycles. The minimum atomic E-state index is -1.14. The fraction of sp³-hybridized carbons (Fsp3) is 0.316. The summed E-state index contributed by atoms with van der Waals surface area (Å²) < 4.78 is 10.0. The van der Waals surface area contributed by atoms with E-state index >= 15 is 0 Å². The van der Waals surface area contributed by atoms with E-state index in [1.165, 1.54) is 6.26 Å². The number of hydrogen-bond donors (Lipinski definition) is 2. The van der Waals surface area contributed by atoms with Crippen molar-refractivity contribution in [3.63, 3.8) is 0 Å². The number of ketones is 2. The van der Waals surface area contributed by atoms with Gasteiger partial charge in [0.2, 0.25) is 5.78 Å². The summed E-state index contributed by atoms with van der Waals surface area (Å²) in [6.07, 6.45) is 1.72. The molecule has 2 heterocycles. The third kappa shape index (κ3) is 4.81. The molecule has 9 nitrogen and oxygen atoms in total. The molecule has 0 bridgehead atoms. The van der Waals surface area contributed by atoms with Crippen LogP contribution < -0.4 is 10.6 Å². The Morgan fingerprint density at radius 2 is 2.07 bits per heavy atom. The van der Waals surface area contributed by atoms with Crippen molar-refractivity contribution >= 4 is 23.6 Å². The van der Waals surface area contributed by atoms with Gasteiger partial charge < -0.3 is 19.8 Å². The molecule has 3 rings (SSSR count). The average Bonchev–Trinajstić information content (AvgIpc) is 3.23. The average molecular weight is 385 g/mol. The molecule has 2 aromatic rings. The van der Waals surface area contributed by atoms with Gasteiger partial charge in [0.15, 0.2) is 12.2 Å². The maximum absolute atomic E-state index is 12.7. The highest BCUT2D eigenvalue weighted by atomic mass is 16.5. The van der Waals surface area contributed by atoms with Gasteiger partial charge >= 0.3 is 6.09 Å². The number of rotatable bonds is 7. The van der Waals surface area contributed by atoms with Gasteiger partial charge in [0, 0.05) is 18.9 Å². The van der Waals surface area contributed by atoms with Gasteiger partial charge in [-0.05, 0) is 12.0 Å². The molecule has 2 unspecified atom stereocenters. The van der Waals surface area contributed by atoms with Crippen LogP contribution in [-0.2, 0) is 25.7 Å². The van der Waals surface area contributed by atoms with Gasteiger partial charge in [0.25, 0.3) is 5.91 Å². The summed E-state index contributed by atoms with van der Waals surface area (Å²) in [5.41, 5.74) is 0.982. The Balaban J connectivity index is 1.64. The Morgan fingerprint density at radius 1 is 1.29 bits per heavy atom. The number of aromatic nitrogens is 1. The van der Waals surface area contributed by atoms with E-state index in [9.17, 15) is 19.2 Å². The maximum atomic E-state index is 12.7. The van der Waals surface area contributed by atoms with E-state index in [1.807, 2.05) is 18.2 Å². The molecule has 146 valence electrons. The second kappa shape index (κ2) is 8.94. The lowest BCUT2D eigenvalue weighted by Crippen LogP contribution is -2.44. The predicted octanol–water partition coefficient (Wildman–Crippen LogP) is 1.31. The van der Waals surface area contributed by atoms with Gasteiger partial charge in [-0.15, -0.1) is 0 Å². The molecule has 2 atom stereocenters. The maximum Gasteiger partial charge on any atom is 0.408 e. The molecule has 1 aromatic heterocycles. The fourth-order valence-corrected chi connectivity index (χ4v) is 2.89. The van der Waals surface area contributed by atoms with Crippen molar-refractivity contribution in [3.05, 3.63) is 54.2 Å². The normalized spacial score (nSPS) is 17.5. The summed E-state index contributed by atoms with van der Waals surface area (Å²) in [6, 6.07) is 7.93. The minimum Gasteiger partial charge on any atom is -0.451 e. The second-order valence-electron chi connectivity index (χ2n) is 6.33. The number of amides is 2. The lowest BCUT2D eigenvalue weighted by Gasteiger charge is -2.22. The first-order chi connectivity index (χ1) is 13.5. The van der Waals surface area contributed by atoms with E-state index in [4.69, 9.17) is 9.15 Å². The zero-order valence-electron chi connectivity index (χ0n) is 14.9. The summed E-state index contributed by atoms with van der Waals surface area (Å²) >= 11 is 0. The van der Waals surface area contributed by atoms with E-state index in [0.717, 1.165) is 12.0 Å². The Kier molecular flexibility index (Phi) is 6.15. The van der Waals surface area contributed by atoms with Crippen molar-refractivity contribution in [3.8, 4) is 0 Å². The van der Waals surface area contributed by atoms with Gasteiger partial charge in [-0.25, -0.2) is 9.78 Å². The van der Waals surface area contributed by atoms with Crippen LogP contribution in [0.1, 0.15) is 30.1 Å². The van der Waals surface area contributed by atoms with Crippen LogP contribution in [0.5, 0.6) is 0 Å². The van der Waals surface area contributed by atoms with Crippen LogP contribution in [0.25, 0.3) is 0 Å². The van der Waals surface area contributed by atoms with E-state index < -0.39 is 35.5 Å². The van der Waals surface area contributed by atoms with Gasteiger partial charge in [-0.1, -0.05) is 30.3 Å². The van der Waals surface area contributed by atoms with Crippen molar-refractivity contribution in [2.75, 3.05) is 6.54 Å². The number of hydrogen-bond acceptors (Lipinski definition) is 7. The molecule has 0 radical (unpaired) electrons. The van der Waals surface area contributed by atoms with E-state index in [2.05, 4.69) is 15.6 Å². The number of benzene rings is 1. The molecule has 1 aliphatic rings. The quantitative estimate of drug-likeness (QED) is 0.688. The van der Waals surface area contributed by atoms with Crippen molar-refractivity contribution in [2.24, 2.45) is 5.92 Å². The van der Waals surface area contributed by atoms with Crippen molar-refractivity contribution < 1.29 is 28.3 Å². The molecule has 2 N–H and O–H groups in total. The molecule has 0 aliphatic carbocycles. The molecule has 1 aromatic carbocycles. The summed E-state index contributed by atoms with van der Waals surface area (Å²) in [5, 5.41) is 4.90. The summed E-state index contributed by atoms with van der Waals surface area (Å²) in [7, 11) is 0. The van der Waals surface area contributed by atoms with Crippen molar-refractivity contribution in [1.82, 2.24) is 15.6 Å². The smallest absolute Gasteiger partial charge is 0.408 e. The van der Waals surface area contributed by atoms with E-state index in [1.54, 1.807) is 12.1 Å². The molecular weight excluding hydrogens is 366 g/mol. The molecule has 1 fully saturated rings. The summed E-state index contributed by atoms with van der Waals surface area (Å²) in [5.74, 6) is -2.51. The van der Waals surface area contributed by atoms with Crippen LogP contribution in [0, 0.1) is 5.92 Å². The van der Waals surface area contributed by atoms with Crippen LogP contribution in [0.4, 0.5) is 4.79 Å². The first-order valence-electron chi connectivity index (χ1n) is 8.74. The molecule has 2 amide bonds. The molecule has 9 heteroatoms. The highest BCUT2D eigenvalue weighted by molar-refractivity contribution is 6.37. The number of carbonyl (C=O) groups is 4. The topological polar surface area (TPSA) is 128 Å². The number of piperidine rings is 1. The van der Waals surface area contributed by atoms with Crippen LogP contribution >= 0.6 is 0 Å². The zero-order chi connectivity index (χ0) is 19.9. The molecular formula is C19H19N3O6. The largest absolute Gasteiger partial charge is 0.451 e. The molecule has 28 heavy (non-hydrogen) atoms. The Labute approximate surface area is 160 Å². The van der Waals surface area contributed by atoms with Gasteiger partial charge in [0.1, 0.15) is 24.6 Å². The van der Waals surface area contributed by atoms with Crippen LogP contribution in [-0.4, -0.2) is 35.1 Å². The van der Waals surface area contributed by atoms with Gasteiger partial charge in [-0.2, -0.15) is 0 Å². The Hall–Kier alpha value is -3.49.